The van der Waals surface area contributed by atoms with E-state index in [1.165, 1.54) is 71.8 Å². The van der Waals surface area contributed by atoms with Gasteiger partial charge in [-0.1, -0.05) is 18.9 Å². The van der Waals surface area contributed by atoms with Crippen LogP contribution >= 0.6 is 0 Å². The fourth-order valence-electron chi connectivity index (χ4n) is 6.72. The molecule has 248 valence electrons. The van der Waals surface area contributed by atoms with E-state index in [9.17, 15) is 0 Å². The number of benzene rings is 2. The van der Waals surface area contributed by atoms with Crippen molar-refractivity contribution in [1.82, 2.24) is 33.9 Å². The quantitative estimate of drug-likeness (QED) is 0.208. The Morgan fingerprint density at radius 2 is 0.891 bits per heavy atom. The number of imidazole rings is 2. The molecule has 0 unspecified atom stereocenters. The van der Waals surface area contributed by atoms with E-state index in [-0.39, 0.29) is 54.0 Å². The van der Waals surface area contributed by atoms with Gasteiger partial charge in [0.05, 0.1) is 35.4 Å². The average molecular weight is 727 g/mol. The Morgan fingerprint density at radius 1 is 0.522 bits per heavy atom. The molecule has 0 N–H and O–H groups in total. The van der Waals surface area contributed by atoms with Crippen molar-refractivity contribution in [2.75, 3.05) is 26.2 Å². The van der Waals surface area contributed by atoms with Crippen LogP contribution in [-0.4, -0.2) is 60.1 Å². The summed E-state index contributed by atoms with van der Waals surface area (Å²) in [4.78, 5) is 20.8. The van der Waals surface area contributed by atoms with Crippen LogP contribution < -0.4 is 37.2 Å². The number of hydrogen-bond donors (Lipinski definition) is 0. The standard InChI is InChI=1S/C35H43N7.3ClH.Co/c1-24-18-30-32(20-26(24)3)41(22-39-14-7-5-8-15-39)34(37-30)28-12-11-13-29(36-28)35-38-31-19-25(2)27(4)21-33(31)42(35)23-40-16-9-6-10-17-40;;;;/h11-13,18-21H,5-10,14-17,22-23H2,1-4H3;3*1H;/q;;;;+3/p-3. The number of nitrogens with zero attached hydrogens (tertiary/aromatic N) is 7. The first-order valence-corrected chi connectivity index (χ1v) is 15.8. The molecule has 2 saturated heterocycles. The number of piperidine rings is 2. The van der Waals surface area contributed by atoms with Crippen LogP contribution in [0.3, 0.4) is 0 Å². The summed E-state index contributed by atoms with van der Waals surface area (Å²) < 4.78 is 4.78. The van der Waals surface area contributed by atoms with E-state index in [4.69, 9.17) is 15.0 Å². The summed E-state index contributed by atoms with van der Waals surface area (Å²) in [6.45, 7) is 15.0. The Balaban J connectivity index is 0.00000144. The zero-order valence-corrected chi connectivity index (χ0v) is 30.4. The number of hydrogen-bond acceptors (Lipinski definition) is 5. The maximum absolute atomic E-state index is 5.30. The summed E-state index contributed by atoms with van der Waals surface area (Å²) >= 11 is 0. The molecule has 7 rings (SSSR count). The Hall–Kier alpha value is -2.17. The average Bonchev–Trinajstić information content (AvgIpc) is 3.52. The maximum atomic E-state index is 5.30. The number of pyridine rings is 1. The number of halogens is 3. The van der Waals surface area contributed by atoms with Gasteiger partial charge in [0.1, 0.15) is 11.4 Å². The molecule has 2 aliphatic heterocycles. The third kappa shape index (κ3) is 7.59. The van der Waals surface area contributed by atoms with E-state index < -0.39 is 0 Å². The van der Waals surface area contributed by atoms with Crippen LogP contribution in [0.25, 0.3) is 45.1 Å². The molecule has 5 aromatic rings. The molecular formula is C35H43Cl3CoN7. The van der Waals surface area contributed by atoms with E-state index in [0.717, 1.165) is 73.6 Å². The third-order valence-corrected chi connectivity index (χ3v) is 9.51. The summed E-state index contributed by atoms with van der Waals surface area (Å²) in [5.74, 6) is 1.88. The second kappa shape index (κ2) is 16.3. The van der Waals surface area contributed by atoms with Crippen LogP contribution in [0.2, 0.25) is 0 Å². The summed E-state index contributed by atoms with van der Waals surface area (Å²) in [6, 6.07) is 15.4. The molecule has 0 aliphatic carbocycles. The number of aromatic nitrogens is 5. The minimum atomic E-state index is 0. The first-order valence-electron chi connectivity index (χ1n) is 15.8. The molecule has 2 aromatic carbocycles. The topological polar surface area (TPSA) is 55.0 Å². The number of likely N-dealkylation sites (tertiary alicyclic amines) is 2. The second-order valence-electron chi connectivity index (χ2n) is 12.6. The Labute approximate surface area is 302 Å². The predicted molar refractivity (Wildman–Crippen MR) is 171 cm³/mol. The van der Waals surface area contributed by atoms with Crippen molar-refractivity contribution in [2.45, 2.75) is 79.6 Å². The summed E-state index contributed by atoms with van der Waals surface area (Å²) in [7, 11) is 0. The van der Waals surface area contributed by atoms with Crippen LogP contribution in [0.15, 0.2) is 42.5 Å². The van der Waals surface area contributed by atoms with Crippen LogP contribution in [0.5, 0.6) is 0 Å². The van der Waals surface area contributed by atoms with Gasteiger partial charge in [-0.05, 0) is 138 Å². The van der Waals surface area contributed by atoms with Crippen molar-refractivity contribution in [2.24, 2.45) is 0 Å². The molecule has 0 radical (unpaired) electrons. The summed E-state index contributed by atoms with van der Waals surface area (Å²) in [5, 5.41) is 0. The smallest absolute Gasteiger partial charge is 1.00 e. The fraction of sp³-hybridized carbons (Fsp3) is 0.457. The van der Waals surface area contributed by atoms with Crippen molar-refractivity contribution in [3.05, 3.63) is 64.7 Å². The Kier molecular flexibility index (Phi) is 13.6. The SMILES string of the molecule is Cc1cc2nc(-c3cccc(-c4nc5cc(C)c(C)cc5n4CN4CCCCC4)n3)n(CN3CCCCC3)c2cc1C.[Cl-].[Cl-].[Cl-].[Co+3]. The van der Waals surface area contributed by atoms with Crippen LogP contribution in [0, 0.1) is 27.7 Å². The second-order valence-corrected chi connectivity index (χ2v) is 12.6. The molecule has 2 aliphatic rings. The molecule has 0 atom stereocenters. The monoisotopic (exact) mass is 725 g/mol. The molecular weight excluding hydrogens is 684 g/mol. The molecule has 0 saturated carbocycles. The fourth-order valence-corrected chi connectivity index (χ4v) is 6.72. The van der Waals surface area contributed by atoms with Crippen molar-refractivity contribution in [1.29, 1.82) is 0 Å². The van der Waals surface area contributed by atoms with Crippen molar-refractivity contribution < 1.29 is 54.0 Å². The van der Waals surface area contributed by atoms with Gasteiger partial charge in [-0.2, -0.15) is 0 Å². The summed E-state index contributed by atoms with van der Waals surface area (Å²) in [5.41, 5.74) is 11.4. The van der Waals surface area contributed by atoms with Crippen molar-refractivity contribution in [3.63, 3.8) is 0 Å². The largest absolute Gasteiger partial charge is 3.00 e. The molecule has 0 bridgehead atoms. The number of rotatable bonds is 6. The number of fused-ring (bicyclic) bond motifs is 2. The van der Waals surface area contributed by atoms with Crippen LogP contribution in [0.1, 0.15) is 60.8 Å². The molecule has 11 heteroatoms. The van der Waals surface area contributed by atoms with Gasteiger partial charge < -0.3 is 46.4 Å². The normalized spacial score (nSPS) is 15.6. The molecule has 3 aromatic heterocycles. The maximum Gasteiger partial charge on any atom is 3.00 e. The van der Waals surface area contributed by atoms with E-state index in [1.807, 2.05) is 0 Å². The molecule has 7 nitrogen and oxygen atoms in total. The third-order valence-electron chi connectivity index (χ3n) is 9.51. The predicted octanol–water partition coefficient (Wildman–Crippen LogP) is -1.76. The van der Waals surface area contributed by atoms with Crippen LogP contribution in [0.4, 0.5) is 0 Å². The van der Waals surface area contributed by atoms with E-state index in [0.29, 0.717) is 0 Å². The van der Waals surface area contributed by atoms with E-state index >= 15 is 0 Å². The molecule has 0 spiro atoms. The van der Waals surface area contributed by atoms with Gasteiger partial charge in [-0.15, -0.1) is 0 Å². The van der Waals surface area contributed by atoms with Gasteiger partial charge in [0.25, 0.3) is 0 Å². The van der Waals surface area contributed by atoms with Crippen molar-refractivity contribution >= 4 is 22.1 Å². The van der Waals surface area contributed by atoms with Gasteiger partial charge in [-0.25, -0.2) is 15.0 Å². The van der Waals surface area contributed by atoms with Gasteiger partial charge in [0.2, 0.25) is 0 Å². The summed E-state index contributed by atoms with van der Waals surface area (Å²) in [6.07, 6.45) is 7.71. The van der Waals surface area contributed by atoms with Gasteiger partial charge in [0, 0.05) is 0 Å². The molecule has 5 heterocycles. The zero-order valence-electron chi connectivity index (χ0n) is 27.1. The first-order chi connectivity index (χ1) is 20.4. The number of aryl methyl sites for hydroxylation is 4. The molecule has 0 amide bonds. The van der Waals surface area contributed by atoms with Crippen molar-refractivity contribution in [3.8, 4) is 23.0 Å². The van der Waals surface area contributed by atoms with Gasteiger partial charge in [0.15, 0.2) is 11.6 Å². The molecule has 46 heavy (non-hydrogen) atoms. The van der Waals surface area contributed by atoms with Gasteiger partial charge >= 0.3 is 16.8 Å². The van der Waals surface area contributed by atoms with E-state index in [1.54, 1.807) is 0 Å². The Bertz CT molecular complexity index is 1650. The Morgan fingerprint density at radius 3 is 1.28 bits per heavy atom. The van der Waals surface area contributed by atoms with Gasteiger partial charge in [-0.3, -0.25) is 9.80 Å². The van der Waals surface area contributed by atoms with E-state index in [2.05, 4.69) is 89.1 Å². The zero-order chi connectivity index (χ0) is 28.8. The van der Waals surface area contributed by atoms with Crippen LogP contribution in [-0.2, 0) is 30.1 Å². The first kappa shape index (κ1) is 38.3. The minimum Gasteiger partial charge on any atom is -1.00 e. The minimum absolute atomic E-state index is 0. The molecule has 2 fully saturated rings.